The molecule has 1 aliphatic heterocycles. The molecule has 1 atom stereocenters. The van der Waals surface area contributed by atoms with Crippen molar-refractivity contribution in [2.45, 2.75) is 25.8 Å². The van der Waals surface area contributed by atoms with Crippen LogP contribution in [0, 0.1) is 0 Å². The quantitative estimate of drug-likeness (QED) is 0.327. The highest BCUT2D eigenvalue weighted by Gasteiger charge is 2.27. The molecule has 2 aromatic heterocycles. The summed E-state index contributed by atoms with van der Waals surface area (Å²) in [6.45, 7) is 5.33. The average Bonchev–Trinajstić information content (AvgIpc) is 3.46. The van der Waals surface area contributed by atoms with Crippen molar-refractivity contribution in [2.75, 3.05) is 19.6 Å². The molecule has 1 saturated heterocycles. The van der Waals surface area contributed by atoms with Gasteiger partial charge in [0.05, 0.1) is 6.20 Å². The number of halogens is 1. The van der Waals surface area contributed by atoms with E-state index in [1.807, 2.05) is 52.8 Å². The van der Waals surface area contributed by atoms with E-state index in [1.54, 1.807) is 6.33 Å². The first-order valence-electron chi connectivity index (χ1n) is 9.70. The summed E-state index contributed by atoms with van der Waals surface area (Å²) in [5, 5.41) is 16.1. The third-order valence-corrected chi connectivity index (χ3v) is 5.04. The standard InChI is InChI=1S/C20H26N8.HI/c1-3-21-20(27-10-9-16(14-27)17-11-24-26(2)13-17)22-12-19-25-23-15-28(19)18-7-5-4-6-8-18;/h4-8,11,13,15-16H,3,9-10,12,14H2,1-2H3,(H,21,22);1H. The molecular weight excluding hydrogens is 479 g/mol. The lowest BCUT2D eigenvalue weighted by Crippen LogP contribution is -2.40. The van der Waals surface area contributed by atoms with Crippen molar-refractivity contribution in [1.82, 2.24) is 34.8 Å². The van der Waals surface area contributed by atoms with Crippen LogP contribution in [-0.4, -0.2) is 55.0 Å². The Kier molecular flexibility index (Phi) is 7.24. The van der Waals surface area contributed by atoms with E-state index < -0.39 is 0 Å². The zero-order chi connectivity index (χ0) is 19.3. The van der Waals surface area contributed by atoms with Crippen LogP contribution < -0.4 is 5.32 Å². The molecule has 8 nitrogen and oxygen atoms in total. The van der Waals surface area contributed by atoms with Crippen LogP contribution in [0.4, 0.5) is 0 Å². The van der Waals surface area contributed by atoms with Gasteiger partial charge in [-0.3, -0.25) is 9.25 Å². The van der Waals surface area contributed by atoms with E-state index in [0.29, 0.717) is 12.5 Å². The van der Waals surface area contributed by atoms with Gasteiger partial charge in [0.2, 0.25) is 0 Å². The minimum Gasteiger partial charge on any atom is -0.357 e. The fourth-order valence-electron chi connectivity index (χ4n) is 3.62. The lowest BCUT2D eigenvalue weighted by Gasteiger charge is -2.21. The molecule has 3 heterocycles. The number of aliphatic imine (C=N–C) groups is 1. The highest BCUT2D eigenvalue weighted by atomic mass is 127. The molecule has 4 rings (SSSR count). The molecular formula is C20H27IN8. The highest BCUT2D eigenvalue weighted by molar-refractivity contribution is 14.0. The molecule has 1 N–H and O–H groups in total. The maximum absolute atomic E-state index is 4.84. The number of aromatic nitrogens is 5. The molecule has 3 aromatic rings. The van der Waals surface area contributed by atoms with Crippen LogP contribution in [0.1, 0.15) is 30.7 Å². The number of nitrogens with zero attached hydrogens (tertiary/aromatic N) is 7. The summed E-state index contributed by atoms with van der Waals surface area (Å²) < 4.78 is 3.85. The first-order valence-corrected chi connectivity index (χ1v) is 9.70. The fraction of sp³-hybridized carbons (Fsp3) is 0.400. The lowest BCUT2D eigenvalue weighted by atomic mass is 10.0. The van der Waals surface area contributed by atoms with Crippen LogP contribution >= 0.6 is 24.0 Å². The third-order valence-electron chi connectivity index (χ3n) is 5.04. The first-order chi connectivity index (χ1) is 13.7. The summed E-state index contributed by atoms with van der Waals surface area (Å²) in [5.74, 6) is 2.24. The number of benzene rings is 1. The van der Waals surface area contributed by atoms with E-state index in [9.17, 15) is 0 Å². The van der Waals surface area contributed by atoms with E-state index in [1.165, 1.54) is 5.56 Å². The van der Waals surface area contributed by atoms with Crippen LogP contribution in [0.5, 0.6) is 0 Å². The Labute approximate surface area is 188 Å². The molecule has 1 aromatic carbocycles. The third kappa shape index (κ3) is 4.95. The highest BCUT2D eigenvalue weighted by Crippen LogP contribution is 2.26. The molecule has 1 fully saturated rings. The molecule has 0 saturated carbocycles. The number of hydrogen-bond donors (Lipinski definition) is 1. The number of nitrogens with one attached hydrogen (secondary N) is 1. The molecule has 1 aliphatic rings. The Balaban J connectivity index is 0.00000240. The second-order valence-corrected chi connectivity index (χ2v) is 7.00. The van der Waals surface area contributed by atoms with Gasteiger partial charge in [-0.25, -0.2) is 4.99 Å². The van der Waals surface area contributed by atoms with Gasteiger partial charge < -0.3 is 10.2 Å². The van der Waals surface area contributed by atoms with Gasteiger partial charge in [0, 0.05) is 44.5 Å². The summed E-state index contributed by atoms with van der Waals surface area (Å²) in [4.78, 5) is 7.17. The second-order valence-electron chi connectivity index (χ2n) is 7.00. The van der Waals surface area contributed by atoms with E-state index in [4.69, 9.17) is 4.99 Å². The number of likely N-dealkylation sites (tertiary alicyclic amines) is 1. The summed E-state index contributed by atoms with van der Waals surface area (Å²) in [6.07, 6.45) is 6.93. The second kappa shape index (κ2) is 9.86. The maximum atomic E-state index is 4.84. The Morgan fingerprint density at radius 3 is 2.83 bits per heavy atom. The van der Waals surface area contributed by atoms with Crippen molar-refractivity contribution < 1.29 is 0 Å². The number of guanidine groups is 1. The van der Waals surface area contributed by atoms with Crippen molar-refractivity contribution in [3.05, 3.63) is 60.4 Å². The zero-order valence-electron chi connectivity index (χ0n) is 16.8. The van der Waals surface area contributed by atoms with E-state index in [2.05, 4.69) is 38.6 Å². The molecule has 9 heteroatoms. The molecule has 0 radical (unpaired) electrons. The molecule has 1 unspecified atom stereocenters. The zero-order valence-corrected chi connectivity index (χ0v) is 19.1. The SMILES string of the molecule is CCNC(=NCc1nncn1-c1ccccc1)N1CCC(c2cnn(C)c2)C1.I. The van der Waals surface area contributed by atoms with Gasteiger partial charge in [-0.05, 0) is 31.0 Å². The van der Waals surface area contributed by atoms with Crippen molar-refractivity contribution in [1.29, 1.82) is 0 Å². The molecule has 154 valence electrons. The predicted octanol–water partition coefficient (Wildman–Crippen LogP) is 2.57. The Morgan fingerprint density at radius 2 is 2.10 bits per heavy atom. The van der Waals surface area contributed by atoms with E-state index in [-0.39, 0.29) is 24.0 Å². The predicted molar refractivity (Wildman–Crippen MR) is 124 cm³/mol. The normalized spacial score (nSPS) is 16.7. The van der Waals surface area contributed by atoms with Crippen molar-refractivity contribution in [3.63, 3.8) is 0 Å². The minimum absolute atomic E-state index is 0. The maximum Gasteiger partial charge on any atom is 0.194 e. The molecule has 0 amide bonds. The molecule has 0 spiro atoms. The van der Waals surface area contributed by atoms with Gasteiger partial charge in [0.1, 0.15) is 12.9 Å². The van der Waals surface area contributed by atoms with Crippen LogP contribution in [0.15, 0.2) is 54.0 Å². The number of aryl methyl sites for hydroxylation is 1. The Bertz CT molecular complexity index is 933. The van der Waals surface area contributed by atoms with Crippen LogP contribution in [0.25, 0.3) is 5.69 Å². The van der Waals surface area contributed by atoms with Gasteiger partial charge in [0.15, 0.2) is 11.8 Å². The topological polar surface area (TPSA) is 76.2 Å². The first kappa shape index (κ1) is 21.3. The minimum atomic E-state index is 0. The lowest BCUT2D eigenvalue weighted by molar-refractivity contribution is 0.485. The molecule has 0 bridgehead atoms. The van der Waals surface area contributed by atoms with Crippen LogP contribution in [0.2, 0.25) is 0 Å². The molecule has 0 aliphatic carbocycles. The number of para-hydroxylation sites is 1. The molecule has 29 heavy (non-hydrogen) atoms. The number of hydrogen-bond acceptors (Lipinski definition) is 4. The van der Waals surface area contributed by atoms with Crippen molar-refractivity contribution >= 4 is 29.9 Å². The van der Waals surface area contributed by atoms with E-state index in [0.717, 1.165) is 43.5 Å². The van der Waals surface area contributed by atoms with Gasteiger partial charge in [-0.2, -0.15) is 5.10 Å². The monoisotopic (exact) mass is 506 g/mol. The largest absolute Gasteiger partial charge is 0.357 e. The average molecular weight is 506 g/mol. The van der Waals surface area contributed by atoms with E-state index >= 15 is 0 Å². The summed E-state index contributed by atoms with van der Waals surface area (Å²) in [6, 6.07) is 10.1. The summed E-state index contributed by atoms with van der Waals surface area (Å²) in [5.41, 5.74) is 2.34. The van der Waals surface area contributed by atoms with Crippen LogP contribution in [0.3, 0.4) is 0 Å². The summed E-state index contributed by atoms with van der Waals surface area (Å²) >= 11 is 0. The van der Waals surface area contributed by atoms with Gasteiger partial charge in [-0.1, -0.05) is 18.2 Å². The van der Waals surface area contributed by atoms with Crippen LogP contribution in [-0.2, 0) is 13.6 Å². The Morgan fingerprint density at radius 1 is 1.28 bits per heavy atom. The van der Waals surface area contributed by atoms with Gasteiger partial charge >= 0.3 is 0 Å². The van der Waals surface area contributed by atoms with Gasteiger partial charge in [0.25, 0.3) is 0 Å². The van der Waals surface area contributed by atoms with Crippen molar-refractivity contribution in [2.24, 2.45) is 12.0 Å². The number of rotatable bonds is 5. The fourth-order valence-corrected chi connectivity index (χ4v) is 3.62. The summed E-state index contributed by atoms with van der Waals surface area (Å²) in [7, 11) is 1.96. The smallest absolute Gasteiger partial charge is 0.194 e. The van der Waals surface area contributed by atoms with Gasteiger partial charge in [-0.15, -0.1) is 34.2 Å². The van der Waals surface area contributed by atoms with Crippen molar-refractivity contribution in [3.8, 4) is 5.69 Å². The Hall–Kier alpha value is -2.43.